The molecule has 0 atom stereocenters. The van der Waals surface area contributed by atoms with Crippen molar-refractivity contribution in [3.05, 3.63) is 72.1 Å². The Labute approximate surface area is 103 Å². The molecule has 0 aromatic carbocycles. The van der Waals surface area contributed by atoms with Crippen LogP contribution in [0.2, 0.25) is 0 Å². The molecule has 0 bridgehead atoms. The Bertz CT molecular complexity index is 488. The normalized spacial score (nSPS) is 18.1. The minimum Gasteiger partial charge on any atom is -0.257 e. The summed E-state index contributed by atoms with van der Waals surface area (Å²) in [5, 5.41) is 0. The van der Waals surface area contributed by atoms with Gasteiger partial charge in [-0.3, -0.25) is 4.98 Å². The molecule has 2 rings (SSSR count). The van der Waals surface area contributed by atoms with Crippen molar-refractivity contribution in [1.29, 1.82) is 0 Å². The lowest BCUT2D eigenvalue weighted by atomic mass is 9.93. The van der Waals surface area contributed by atoms with Crippen molar-refractivity contribution in [3.63, 3.8) is 0 Å². The molecule has 0 saturated carbocycles. The van der Waals surface area contributed by atoms with E-state index in [2.05, 4.69) is 55.3 Å². The first-order valence-electron chi connectivity index (χ1n) is 5.84. The van der Waals surface area contributed by atoms with Gasteiger partial charge in [0.15, 0.2) is 0 Å². The van der Waals surface area contributed by atoms with Gasteiger partial charge in [0.25, 0.3) is 0 Å². The fourth-order valence-electron chi connectivity index (χ4n) is 1.60. The van der Waals surface area contributed by atoms with Crippen molar-refractivity contribution >= 4 is 6.08 Å². The van der Waals surface area contributed by atoms with Gasteiger partial charge in [-0.15, -0.1) is 0 Å². The number of hydrogen-bond acceptors (Lipinski definition) is 1. The zero-order chi connectivity index (χ0) is 12.1. The number of hydrogen-bond donors (Lipinski definition) is 0. The Morgan fingerprint density at radius 1 is 1.12 bits per heavy atom. The molecule has 0 radical (unpaired) electrons. The predicted molar refractivity (Wildman–Crippen MR) is 73.4 cm³/mol. The highest BCUT2D eigenvalue weighted by Crippen LogP contribution is 2.23. The van der Waals surface area contributed by atoms with E-state index in [4.69, 9.17) is 0 Å². The lowest BCUT2D eigenvalue weighted by molar-refractivity contribution is 0.627. The Morgan fingerprint density at radius 3 is 2.76 bits per heavy atom. The first-order chi connectivity index (χ1) is 8.16. The summed E-state index contributed by atoms with van der Waals surface area (Å²) in [4.78, 5) is 4.26. The average Bonchev–Trinajstić information content (AvgIpc) is 2.49. The second-order valence-electron chi connectivity index (χ2n) is 4.77. The minimum atomic E-state index is 0.136. The first-order valence-corrected chi connectivity index (χ1v) is 5.84. The zero-order valence-electron chi connectivity index (χ0n) is 10.3. The molecule has 1 heterocycles. The van der Waals surface area contributed by atoms with Crippen molar-refractivity contribution < 1.29 is 0 Å². The van der Waals surface area contributed by atoms with Gasteiger partial charge in [-0.2, -0.15) is 0 Å². The van der Waals surface area contributed by atoms with Crippen LogP contribution in [0.4, 0.5) is 0 Å². The van der Waals surface area contributed by atoms with Crippen LogP contribution >= 0.6 is 0 Å². The highest BCUT2D eigenvalue weighted by atomic mass is 14.6. The maximum absolute atomic E-state index is 4.26. The molecule has 0 unspecified atom stereocenters. The maximum Gasteiger partial charge on any atom is 0.0629 e. The first kappa shape index (κ1) is 11.6. The van der Waals surface area contributed by atoms with Crippen LogP contribution < -0.4 is 0 Å². The third kappa shape index (κ3) is 3.56. The van der Waals surface area contributed by atoms with Crippen LogP contribution in [0.25, 0.3) is 6.08 Å². The number of nitrogens with zero attached hydrogens (tertiary/aromatic N) is 1. The quantitative estimate of drug-likeness (QED) is 0.733. The van der Waals surface area contributed by atoms with E-state index in [9.17, 15) is 0 Å². The molecular weight excluding hydrogens is 206 g/mol. The monoisotopic (exact) mass is 223 g/mol. The molecule has 86 valence electrons. The molecule has 1 aliphatic carbocycles. The highest BCUT2D eigenvalue weighted by Gasteiger charge is 2.09. The van der Waals surface area contributed by atoms with Gasteiger partial charge in [-0.1, -0.05) is 56.4 Å². The fourth-order valence-corrected chi connectivity index (χ4v) is 1.60. The van der Waals surface area contributed by atoms with Gasteiger partial charge in [0.05, 0.1) is 5.69 Å². The molecule has 0 fully saturated rings. The highest BCUT2D eigenvalue weighted by molar-refractivity contribution is 5.52. The predicted octanol–water partition coefficient (Wildman–Crippen LogP) is 4.17. The van der Waals surface area contributed by atoms with Crippen molar-refractivity contribution in [2.45, 2.75) is 13.8 Å². The zero-order valence-corrected chi connectivity index (χ0v) is 10.3. The molecular formula is C16H17N. The Morgan fingerprint density at radius 2 is 2.00 bits per heavy atom. The maximum atomic E-state index is 4.26. The van der Waals surface area contributed by atoms with E-state index in [0.717, 1.165) is 5.69 Å². The van der Waals surface area contributed by atoms with E-state index in [1.165, 1.54) is 5.57 Å². The third-order valence-electron chi connectivity index (χ3n) is 2.65. The van der Waals surface area contributed by atoms with Crippen molar-refractivity contribution in [3.8, 4) is 0 Å². The molecule has 1 heteroatoms. The topological polar surface area (TPSA) is 12.9 Å². The standard InChI is InChI=1S/C16H17N/c1-16(2)11-5-6-14(10-12-16)8-9-15-7-3-4-13-17-15/h3-13H,1-2H3/b9-8+. The lowest BCUT2D eigenvalue weighted by Gasteiger charge is -2.12. The summed E-state index contributed by atoms with van der Waals surface area (Å²) in [7, 11) is 0. The number of aromatic nitrogens is 1. The van der Waals surface area contributed by atoms with E-state index >= 15 is 0 Å². The summed E-state index contributed by atoms with van der Waals surface area (Å²) in [5.74, 6) is 0. The van der Waals surface area contributed by atoms with Crippen molar-refractivity contribution in [2.24, 2.45) is 5.41 Å². The van der Waals surface area contributed by atoms with E-state index in [-0.39, 0.29) is 5.41 Å². The summed E-state index contributed by atoms with van der Waals surface area (Å²) in [5.41, 5.74) is 2.31. The van der Waals surface area contributed by atoms with E-state index in [1.807, 2.05) is 24.3 Å². The van der Waals surface area contributed by atoms with E-state index in [1.54, 1.807) is 6.20 Å². The van der Waals surface area contributed by atoms with Gasteiger partial charge in [0.2, 0.25) is 0 Å². The minimum absolute atomic E-state index is 0.136. The van der Waals surface area contributed by atoms with Gasteiger partial charge >= 0.3 is 0 Å². The van der Waals surface area contributed by atoms with Crippen LogP contribution in [0, 0.1) is 5.41 Å². The summed E-state index contributed by atoms with van der Waals surface area (Å²) >= 11 is 0. The fraction of sp³-hybridized carbons (Fsp3) is 0.188. The lowest BCUT2D eigenvalue weighted by Crippen LogP contribution is -2.00. The third-order valence-corrected chi connectivity index (χ3v) is 2.65. The van der Waals surface area contributed by atoms with Crippen molar-refractivity contribution in [1.82, 2.24) is 4.98 Å². The number of pyridine rings is 1. The van der Waals surface area contributed by atoms with Gasteiger partial charge in [-0.25, -0.2) is 0 Å². The molecule has 17 heavy (non-hydrogen) atoms. The van der Waals surface area contributed by atoms with Gasteiger partial charge in [-0.05, 0) is 23.8 Å². The largest absolute Gasteiger partial charge is 0.257 e. The van der Waals surface area contributed by atoms with Gasteiger partial charge in [0.1, 0.15) is 0 Å². The van der Waals surface area contributed by atoms with E-state index in [0.29, 0.717) is 0 Å². The summed E-state index contributed by atoms with van der Waals surface area (Å²) in [6.07, 6.45) is 16.7. The smallest absolute Gasteiger partial charge is 0.0629 e. The van der Waals surface area contributed by atoms with Crippen LogP contribution in [0.1, 0.15) is 19.5 Å². The van der Waals surface area contributed by atoms with Gasteiger partial charge < -0.3 is 0 Å². The Kier molecular flexibility index (Phi) is 3.38. The van der Waals surface area contributed by atoms with Gasteiger partial charge in [0, 0.05) is 11.6 Å². The summed E-state index contributed by atoms with van der Waals surface area (Å²) in [6, 6.07) is 5.91. The molecule has 0 saturated heterocycles. The molecule has 1 aromatic rings. The second-order valence-corrected chi connectivity index (χ2v) is 4.77. The van der Waals surface area contributed by atoms with Crippen LogP contribution in [-0.4, -0.2) is 4.98 Å². The van der Waals surface area contributed by atoms with Crippen LogP contribution in [-0.2, 0) is 0 Å². The molecule has 0 N–H and O–H groups in total. The molecule has 1 aliphatic rings. The summed E-state index contributed by atoms with van der Waals surface area (Å²) < 4.78 is 0. The number of allylic oxidation sites excluding steroid dienone is 7. The van der Waals surface area contributed by atoms with Crippen molar-refractivity contribution in [2.75, 3.05) is 0 Å². The second kappa shape index (κ2) is 4.96. The molecule has 0 spiro atoms. The molecule has 1 nitrogen and oxygen atoms in total. The average molecular weight is 223 g/mol. The van der Waals surface area contributed by atoms with Crippen LogP contribution in [0.5, 0.6) is 0 Å². The van der Waals surface area contributed by atoms with Crippen LogP contribution in [0.15, 0.2) is 66.4 Å². The van der Waals surface area contributed by atoms with Crippen LogP contribution in [0.3, 0.4) is 0 Å². The molecule has 0 amide bonds. The number of rotatable bonds is 2. The molecule has 1 aromatic heterocycles. The summed E-state index contributed by atoms with van der Waals surface area (Å²) in [6.45, 7) is 4.39. The Balaban J connectivity index is 2.13. The molecule has 0 aliphatic heterocycles. The SMILES string of the molecule is CC1(C)C=CC=C(/C=C/c2ccccn2)C=C1. The Hall–Kier alpha value is -1.89. The van der Waals surface area contributed by atoms with E-state index < -0.39 is 0 Å².